The second-order valence-corrected chi connectivity index (χ2v) is 5.88. The van der Waals surface area contributed by atoms with Gasteiger partial charge < -0.3 is 15.5 Å². The Morgan fingerprint density at radius 2 is 2.00 bits per heavy atom. The number of rotatable bonds is 3. The van der Waals surface area contributed by atoms with Crippen LogP contribution in [0.1, 0.15) is 19.8 Å². The number of nitrogens with zero attached hydrogens (tertiary/aromatic N) is 3. The van der Waals surface area contributed by atoms with E-state index >= 15 is 0 Å². The molecule has 0 radical (unpaired) electrons. The minimum atomic E-state index is 0.208. The van der Waals surface area contributed by atoms with Gasteiger partial charge in [0, 0.05) is 32.1 Å². The summed E-state index contributed by atoms with van der Waals surface area (Å²) >= 11 is 0. The van der Waals surface area contributed by atoms with Gasteiger partial charge in [0.05, 0.1) is 11.9 Å². The van der Waals surface area contributed by atoms with Crippen LogP contribution in [0.4, 0.5) is 11.5 Å². The molecule has 2 aliphatic rings. The van der Waals surface area contributed by atoms with Gasteiger partial charge in [-0.15, -0.1) is 0 Å². The average Bonchev–Trinajstić information content (AvgIpc) is 3.31. The van der Waals surface area contributed by atoms with Crippen molar-refractivity contribution in [2.45, 2.75) is 19.8 Å². The van der Waals surface area contributed by atoms with E-state index in [1.165, 1.54) is 12.8 Å². The normalized spacial score (nSPS) is 20.9. The number of amides is 1. The summed E-state index contributed by atoms with van der Waals surface area (Å²) in [7, 11) is 0. The van der Waals surface area contributed by atoms with Crippen LogP contribution in [-0.4, -0.2) is 42.0 Å². The summed E-state index contributed by atoms with van der Waals surface area (Å²) in [6.45, 7) is 5.43. The number of piperazine rings is 1. The Morgan fingerprint density at radius 1 is 1.30 bits per heavy atom. The van der Waals surface area contributed by atoms with Crippen LogP contribution in [0.25, 0.3) is 0 Å². The van der Waals surface area contributed by atoms with Crippen LogP contribution in [0.5, 0.6) is 0 Å². The van der Waals surface area contributed by atoms with E-state index in [0.29, 0.717) is 17.6 Å². The number of hydrogen-bond acceptors (Lipinski definition) is 4. The molecule has 2 heterocycles. The van der Waals surface area contributed by atoms with E-state index in [1.807, 2.05) is 17.0 Å². The van der Waals surface area contributed by atoms with Crippen LogP contribution in [0.3, 0.4) is 0 Å². The second-order valence-electron chi connectivity index (χ2n) is 5.88. The molecule has 5 heteroatoms. The van der Waals surface area contributed by atoms with Crippen molar-refractivity contribution >= 4 is 17.4 Å². The predicted octanol–water partition coefficient (Wildman–Crippen LogP) is 1.36. The summed E-state index contributed by atoms with van der Waals surface area (Å²) in [6, 6.07) is 3.81. The SMILES string of the molecule is CC(C(=O)N1CCN(c2ccc(N)nc2)CC1)C1CC1. The Labute approximate surface area is 119 Å². The van der Waals surface area contributed by atoms with Gasteiger partial charge in [-0.1, -0.05) is 6.92 Å². The number of anilines is 2. The van der Waals surface area contributed by atoms with E-state index in [9.17, 15) is 4.79 Å². The molecule has 1 saturated carbocycles. The van der Waals surface area contributed by atoms with Gasteiger partial charge >= 0.3 is 0 Å². The van der Waals surface area contributed by atoms with Crippen LogP contribution in [0.15, 0.2) is 18.3 Å². The lowest BCUT2D eigenvalue weighted by atomic mass is 10.0. The van der Waals surface area contributed by atoms with E-state index in [1.54, 1.807) is 6.20 Å². The maximum atomic E-state index is 12.3. The number of hydrogen-bond donors (Lipinski definition) is 1. The number of carbonyl (C=O) groups is 1. The fraction of sp³-hybridized carbons (Fsp3) is 0.600. The molecular formula is C15H22N4O. The fourth-order valence-electron chi connectivity index (χ4n) is 2.86. The number of carbonyl (C=O) groups excluding carboxylic acids is 1. The minimum Gasteiger partial charge on any atom is -0.384 e. The largest absolute Gasteiger partial charge is 0.384 e. The molecule has 3 rings (SSSR count). The number of nitrogen functional groups attached to an aromatic ring is 1. The Bertz CT molecular complexity index is 475. The Morgan fingerprint density at radius 3 is 2.55 bits per heavy atom. The highest BCUT2D eigenvalue weighted by molar-refractivity contribution is 5.79. The van der Waals surface area contributed by atoms with Crippen LogP contribution in [-0.2, 0) is 4.79 Å². The molecule has 0 aromatic carbocycles. The first kappa shape index (κ1) is 13.2. The quantitative estimate of drug-likeness (QED) is 0.904. The maximum Gasteiger partial charge on any atom is 0.225 e. The molecule has 108 valence electrons. The third kappa shape index (κ3) is 2.71. The molecule has 2 fully saturated rings. The zero-order chi connectivity index (χ0) is 14.1. The predicted molar refractivity (Wildman–Crippen MR) is 79.3 cm³/mol. The first-order valence-electron chi connectivity index (χ1n) is 7.40. The van der Waals surface area contributed by atoms with Crippen molar-refractivity contribution in [1.29, 1.82) is 0 Å². The fourth-order valence-corrected chi connectivity index (χ4v) is 2.86. The van der Waals surface area contributed by atoms with Gasteiger partial charge in [0.25, 0.3) is 0 Å². The van der Waals surface area contributed by atoms with Crippen LogP contribution in [0.2, 0.25) is 0 Å². The van der Waals surface area contributed by atoms with Gasteiger partial charge in [-0.2, -0.15) is 0 Å². The molecule has 1 atom stereocenters. The van der Waals surface area contributed by atoms with Crippen LogP contribution in [0, 0.1) is 11.8 Å². The van der Waals surface area contributed by atoms with Crippen molar-refractivity contribution in [3.63, 3.8) is 0 Å². The highest BCUT2D eigenvalue weighted by Gasteiger charge is 2.35. The summed E-state index contributed by atoms with van der Waals surface area (Å²) in [5.74, 6) is 1.73. The zero-order valence-corrected chi connectivity index (χ0v) is 12.0. The molecule has 1 aliphatic carbocycles. The Kier molecular flexibility index (Phi) is 3.51. The van der Waals surface area contributed by atoms with Gasteiger partial charge in [-0.25, -0.2) is 4.98 Å². The molecule has 1 amide bonds. The molecule has 20 heavy (non-hydrogen) atoms. The van der Waals surface area contributed by atoms with E-state index in [4.69, 9.17) is 5.73 Å². The van der Waals surface area contributed by atoms with Gasteiger partial charge in [0.1, 0.15) is 5.82 Å². The Balaban J connectivity index is 1.56. The van der Waals surface area contributed by atoms with E-state index in [-0.39, 0.29) is 5.92 Å². The third-order valence-corrected chi connectivity index (χ3v) is 4.45. The molecular weight excluding hydrogens is 252 g/mol. The Hall–Kier alpha value is -1.78. The van der Waals surface area contributed by atoms with Gasteiger partial charge in [-0.05, 0) is 30.9 Å². The van der Waals surface area contributed by atoms with Crippen molar-refractivity contribution < 1.29 is 4.79 Å². The lowest BCUT2D eigenvalue weighted by Gasteiger charge is -2.37. The number of nitrogens with two attached hydrogens (primary N) is 1. The summed E-state index contributed by atoms with van der Waals surface area (Å²) in [5.41, 5.74) is 6.69. The molecule has 1 aromatic rings. The van der Waals surface area contributed by atoms with Crippen molar-refractivity contribution in [3.8, 4) is 0 Å². The molecule has 1 aliphatic heterocycles. The highest BCUT2D eigenvalue weighted by Crippen LogP contribution is 2.37. The molecule has 1 saturated heterocycles. The molecule has 5 nitrogen and oxygen atoms in total. The summed E-state index contributed by atoms with van der Waals surface area (Å²) in [6.07, 6.45) is 4.26. The van der Waals surface area contributed by atoms with E-state index < -0.39 is 0 Å². The maximum absolute atomic E-state index is 12.3. The molecule has 0 bridgehead atoms. The third-order valence-electron chi connectivity index (χ3n) is 4.45. The standard InChI is InChI=1S/C15H22N4O/c1-11(12-2-3-12)15(20)19-8-6-18(7-9-19)13-4-5-14(16)17-10-13/h4-5,10-12H,2-3,6-9H2,1H3,(H2,16,17). The summed E-state index contributed by atoms with van der Waals surface area (Å²) in [5, 5.41) is 0. The van der Waals surface area contributed by atoms with Crippen molar-refractivity contribution in [2.24, 2.45) is 11.8 Å². The van der Waals surface area contributed by atoms with E-state index in [0.717, 1.165) is 31.9 Å². The molecule has 0 spiro atoms. The monoisotopic (exact) mass is 274 g/mol. The van der Waals surface area contributed by atoms with Crippen LogP contribution >= 0.6 is 0 Å². The average molecular weight is 274 g/mol. The van der Waals surface area contributed by atoms with Crippen molar-refractivity contribution in [1.82, 2.24) is 9.88 Å². The first-order chi connectivity index (χ1) is 9.65. The van der Waals surface area contributed by atoms with Crippen molar-refractivity contribution in [3.05, 3.63) is 18.3 Å². The van der Waals surface area contributed by atoms with E-state index in [2.05, 4.69) is 16.8 Å². The minimum absolute atomic E-state index is 0.208. The number of aromatic nitrogens is 1. The molecule has 1 unspecified atom stereocenters. The highest BCUT2D eigenvalue weighted by atomic mass is 16.2. The summed E-state index contributed by atoms with van der Waals surface area (Å²) < 4.78 is 0. The molecule has 2 N–H and O–H groups in total. The summed E-state index contributed by atoms with van der Waals surface area (Å²) in [4.78, 5) is 20.7. The van der Waals surface area contributed by atoms with Gasteiger partial charge in [0.15, 0.2) is 0 Å². The lowest BCUT2D eigenvalue weighted by Crippen LogP contribution is -2.50. The molecule has 1 aromatic heterocycles. The lowest BCUT2D eigenvalue weighted by molar-refractivity contribution is -0.135. The van der Waals surface area contributed by atoms with Gasteiger partial charge in [0.2, 0.25) is 5.91 Å². The topological polar surface area (TPSA) is 62.5 Å². The second kappa shape index (κ2) is 5.31. The number of pyridine rings is 1. The van der Waals surface area contributed by atoms with Crippen LogP contribution < -0.4 is 10.6 Å². The van der Waals surface area contributed by atoms with Crippen molar-refractivity contribution in [2.75, 3.05) is 36.8 Å². The first-order valence-corrected chi connectivity index (χ1v) is 7.40. The zero-order valence-electron chi connectivity index (χ0n) is 12.0. The van der Waals surface area contributed by atoms with Gasteiger partial charge in [-0.3, -0.25) is 4.79 Å². The smallest absolute Gasteiger partial charge is 0.225 e.